The number of nitrogens with two attached hydrogens (primary N) is 1. The quantitative estimate of drug-likeness (QED) is 0.538. The molecule has 2 aromatic carbocycles. The van der Waals surface area contributed by atoms with Gasteiger partial charge in [0, 0.05) is 14.1 Å². The second-order valence-corrected chi connectivity index (χ2v) is 6.37. The molecule has 1 aliphatic rings. The maximum absolute atomic E-state index is 14.2. The molecule has 1 saturated carbocycles. The third-order valence-corrected chi connectivity index (χ3v) is 4.39. The number of halogens is 2. The molecule has 0 atom stereocenters. The monoisotopic (exact) mass is 370 g/mol. The predicted molar refractivity (Wildman–Crippen MR) is 103 cm³/mol. The Morgan fingerprint density at radius 2 is 1.96 bits per heavy atom. The zero-order valence-corrected chi connectivity index (χ0v) is 14.2. The number of benzene rings is 2. The van der Waals surface area contributed by atoms with E-state index in [4.69, 9.17) is 16.4 Å². The highest BCUT2D eigenvalue weighted by Gasteiger charge is 2.50. The molecule has 1 amide bonds. The molecule has 0 heterocycles. The Hall–Kier alpha value is -3.53. The molecular weight excluding hydrogens is 350 g/mol. The fourth-order valence-electron chi connectivity index (χ4n) is 2.52. The lowest BCUT2D eigenvalue weighted by Crippen LogP contribution is -2.23. The fraction of sp³-hybridized carbons (Fsp3) is 0.150. The minimum absolute atomic E-state index is 0. The van der Waals surface area contributed by atoms with Crippen LogP contribution in [-0.2, 0) is 4.79 Å². The lowest BCUT2D eigenvalue weighted by atomic mass is 10.0. The molecule has 7 heteroatoms. The van der Waals surface area contributed by atoms with Crippen LogP contribution in [0, 0.1) is 33.8 Å². The Kier molecular flexibility index (Phi) is 4.74. The van der Waals surface area contributed by atoms with Gasteiger partial charge in [0.2, 0.25) is 5.91 Å². The molecule has 1 aliphatic carbocycles. The fourth-order valence-corrected chi connectivity index (χ4v) is 2.52. The molecular formula is C20H20F2N4O. The van der Waals surface area contributed by atoms with Crippen molar-refractivity contribution in [1.29, 1.82) is 10.7 Å². The van der Waals surface area contributed by atoms with E-state index in [2.05, 4.69) is 5.32 Å². The number of nitrogen functional groups attached to an aromatic ring is 1. The van der Waals surface area contributed by atoms with Gasteiger partial charge in [-0.15, -0.1) is 0 Å². The number of anilines is 2. The van der Waals surface area contributed by atoms with Crippen molar-refractivity contribution in [2.24, 2.45) is 5.41 Å². The lowest BCUT2D eigenvalue weighted by molar-refractivity contribution is -0.119. The highest BCUT2D eigenvalue weighted by atomic mass is 19.1. The normalized spacial score (nSPS) is 14.6. The van der Waals surface area contributed by atoms with Crippen molar-refractivity contribution < 1.29 is 16.4 Å². The number of carbonyl (C=O) groups excluding carboxylic acids is 1. The second kappa shape index (κ2) is 7.00. The van der Waals surface area contributed by atoms with Crippen LogP contribution >= 0.6 is 0 Å². The van der Waals surface area contributed by atoms with E-state index in [1.807, 2.05) is 6.07 Å². The molecule has 0 bridgehead atoms. The number of hydrogen-bond acceptors (Lipinski definition) is 4. The first-order valence-electron chi connectivity index (χ1n) is 8.19. The summed E-state index contributed by atoms with van der Waals surface area (Å²) >= 11 is 0. The van der Waals surface area contributed by atoms with Gasteiger partial charge in [0.15, 0.2) is 0 Å². The van der Waals surface area contributed by atoms with Crippen LogP contribution in [0.2, 0.25) is 0 Å². The third kappa shape index (κ3) is 3.85. The van der Waals surface area contributed by atoms with E-state index in [1.165, 1.54) is 24.3 Å². The number of nitrogens with zero attached hydrogens (tertiary/aromatic N) is 1. The molecule has 1 fully saturated rings. The summed E-state index contributed by atoms with van der Waals surface area (Å²) in [6.07, 6.45) is 3.92. The van der Waals surface area contributed by atoms with Gasteiger partial charge in [-0.25, -0.2) is 8.78 Å². The van der Waals surface area contributed by atoms with E-state index in [1.54, 1.807) is 18.2 Å². The maximum atomic E-state index is 14.2. The van der Waals surface area contributed by atoms with Crippen LogP contribution in [0.4, 0.5) is 20.2 Å². The average Bonchev–Trinajstić information content (AvgIpc) is 3.44. The van der Waals surface area contributed by atoms with E-state index >= 15 is 0 Å². The van der Waals surface area contributed by atoms with Crippen LogP contribution in [0.1, 0.15) is 26.8 Å². The molecule has 2 aromatic rings. The van der Waals surface area contributed by atoms with Crippen LogP contribution in [0.3, 0.4) is 0 Å². The van der Waals surface area contributed by atoms with Crippen LogP contribution in [-0.4, -0.2) is 11.6 Å². The van der Waals surface area contributed by atoms with Crippen molar-refractivity contribution >= 4 is 29.1 Å². The van der Waals surface area contributed by atoms with Gasteiger partial charge in [0.1, 0.15) is 17.0 Å². The van der Waals surface area contributed by atoms with E-state index in [-0.39, 0.29) is 31.3 Å². The molecule has 0 unspecified atom stereocenters. The third-order valence-electron chi connectivity index (χ3n) is 4.39. The summed E-state index contributed by atoms with van der Waals surface area (Å²) in [4.78, 5) is 12.2. The minimum atomic E-state index is -1.09. The highest BCUT2D eigenvalue weighted by Crippen LogP contribution is 2.45. The summed E-state index contributed by atoms with van der Waals surface area (Å²) in [5.41, 5.74) is 5.52. The first-order valence-corrected chi connectivity index (χ1v) is 8.19. The average molecular weight is 370 g/mol. The SMILES string of the molecule is N#CC1(C(=O)Nc2cc(C(=N)/C=C/c3ccc(F)cc3)c(N)cc2F)CC1.[HH].[HH]. The highest BCUT2D eigenvalue weighted by molar-refractivity contribution is 6.12. The summed E-state index contributed by atoms with van der Waals surface area (Å²) < 4.78 is 27.1. The number of hydrogen-bond donors (Lipinski definition) is 3. The number of nitrogens with one attached hydrogen (secondary N) is 2. The van der Waals surface area contributed by atoms with Gasteiger partial charge >= 0.3 is 0 Å². The molecule has 5 nitrogen and oxygen atoms in total. The summed E-state index contributed by atoms with van der Waals surface area (Å²) in [6, 6.07) is 9.94. The Morgan fingerprint density at radius 3 is 2.56 bits per heavy atom. The van der Waals surface area contributed by atoms with Crippen LogP contribution in [0.15, 0.2) is 42.5 Å². The van der Waals surface area contributed by atoms with Gasteiger partial charge in [0.05, 0.1) is 17.5 Å². The molecule has 0 saturated heterocycles. The van der Waals surface area contributed by atoms with Gasteiger partial charge in [-0.05, 0) is 48.7 Å². The lowest BCUT2D eigenvalue weighted by Gasteiger charge is -2.12. The van der Waals surface area contributed by atoms with Gasteiger partial charge in [-0.3, -0.25) is 4.79 Å². The van der Waals surface area contributed by atoms with E-state index < -0.39 is 17.1 Å². The standard InChI is InChI=1S/C20H16F2N4O.2H2/c21-13-4-1-12(2-5-13)3-6-16(24)14-9-18(15(22)10-17(14)25)26-19(27)20(11-23)7-8-20;;/h1-6,9-10,24H,7-8,25H2,(H,26,27);2*1H/b6-3+,24-16?;;. The largest absolute Gasteiger partial charge is 0.398 e. The van der Waals surface area contributed by atoms with E-state index in [0.29, 0.717) is 18.4 Å². The molecule has 0 aromatic heterocycles. The molecule has 3 rings (SSSR count). The van der Waals surface area contributed by atoms with E-state index in [9.17, 15) is 13.6 Å². The zero-order chi connectivity index (χ0) is 19.6. The number of nitriles is 1. The Morgan fingerprint density at radius 1 is 1.30 bits per heavy atom. The molecule has 4 N–H and O–H groups in total. The van der Waals surface area contributed by atoms with Crippen LogP contribution < -0.4 is 11.1 Å². The van der Waals surface area contributed by atoms with Crippen molar-refractivity contribution in [2.75, 3.05) is 11.1 Å². The Bertz CT molecular complexity index is 997. The summed E-state index contributed by atoms with van der Waals surface area (Å²) in [5, 5.41) is 19.6. The summed E-state index contributed by atoms with van der Waals surface area (Å²) in [5.74, 6) is -1.67. The van der Waals surface area contributed by atoms with Gasteiger partial charge in [0.25, 0.3) is 0 Å². The Balaban J connectivity index is 0.00000210. The maximum Gasteiger partial charge on any atom is 0.244 e. The second-order valence-electron chi connectivity index (χ2n) is 6.37. The van der Waals surface area contributed by atoms with Crippen molar-refractivity contribution in [3.8, 4) is 6.07 Å². The zero-order valence-electron chi connectivity index (χ0n) is 14.2. The molecule has 0 spiro atoms. The van der Waals surface area contributed by atoms with Crippen molar-refractivity contribution in [3.63, 3.8) is 0 Å². The summed E-state index contributed by atoms with van der Waals surface area (Å²) in [7, 11) is 0. The van der Waals surface area contributed by atoms with Crippen molar-refractivity contribution in [3.05, 3.63) is 65.2 Å². The number of rotatable bonds is 5. The van der Waals surface area contributed by atoms with Gasteiger partial charge < -0.3 is 16.5 Å². The first kappa shape index (κ1) is 18.3. The van der Waals surface area contributed by atoms with E-state index in [0.717, 1.165) is 6.07 Å². The van der Waals surface area contributed by atoms with Crippen molar-refractivity contribution in [1.82, 2.24) is 0 Å². The number of allylic oxidation sites excluding steroid dienone is 1. The topological polar surface area (TPSA) is 103 Å². The summed E-state index contributed by atoms with van der Waals surface area (Å²) in [6.45, 7) is 0. The van der Waals surface area contributed by atoms with Crippen LogP contribution in [0.5, 0.6) is 0 Å². The molecule has 140 valence electrons. The number of carbonyl (C=O) groups is 1. The smallest absolute Gasteiger partial charge is 0.244 e. The predicted octanol–water partition coefficient (Wildman–Crippen LogP) is 4.36. The Labute approximate surface area is 157 Å². The van der Waals surface area contributed by atoms with Gasteiger partial charge in [-0.2, -0.15) is 5.26 Å². The first-order chi connectivity index (χ1) is 12.8. The van der Waals surface area contributed by atoms with Gasteiger partial charge in [-0.1, -0.05) is 18.2 Å². The molecule has 0 aliphatic heterocycles. The minimum Gasteiger partial charge on any atom is -0.398 e. The molecule has 0 radical (unpaired) electrons. The number of amides is 1. The van der Waals surface area contributed by atoms with Crippen LogP contribution in [0.25, 0.3) is 6.08 Å². The molecule has 27 heavy (non-hydrogen) atoms. The van der Waals surface area contributed by atoms with Crippen molar-refractivity contribution in [2.45, 2.75) is 12.8 Å².